The number of benzene rings is 1. The number of hydrogen-bond donors (Lipinski definition) is 3. The summed E-state index contributed by atoms with van der Waals surface area (Å²) in [5, 5.41) is 22.9. The van der Waals surface area contributed by atoms with Gasteiger partial charge in [-0.05, 0) is 49.8 Å². The maximum absolute atomic E-state index is 9.86. The first-order valence-electron chi connectivity index (χ1n) is 6.02. The molecule has 0 unspecified atom stereocenters. The van der Waals surface area contributed by atoms with E-state index in [9.17, 15) is 10.2 Å². The van der Waals surface area contributed by atoms with E-state index in [0.29, 0.717) is 12.0 Å². The molecule has 0 saturated carbocycles. The first-order chi connectivity index (χ1) is 7.75. The van der Waals surface area contributed by atoms with E-state index in [1.165, 1.54) is 18.4 Å². The molecule has 0 spiro atoms. The maximum Gasteiger partial charge on any atom is 0.160 e. The second kappa shape index (κ2) is 3.67. The third-order valence-electron chi connectivity index (χ3n) is 3.99. The molecule has 2 atom stereocenters. The van der Waals surface area contributed by atoms with Gasteiger partial charge in [-0.2, -0.15) is 0 Å². The van der Waals surface area contributed by atoms with Crippen LogP contribution in [0, 0.1) is 5.92 Å². The maximum atomic E-state index is 9.86. The predicted molar refractivity (Wildman–Crippen MR) is 61.7 cm³/mol. The summed E-state index contributed by atoms with van der Waals surface area (Å²) >= 11 is 0. The fraction of sp³-hybridized carbons (Fsp3) is 0.538. The summed E-state index contributed by atoms with van der Waals surface area (Å²) in [4.78, 5) is 0. The standard InChI is InChI=1S/C13H17NO2/c15-12-4-3-8-7-11-9(2-1-5-14-11)6-10(8)13(12)16/h3-4,9,11,14-16H,1-2,5-7H2/t9-,11-/m0/s1. The van der Waals surface area contributed by atoms with Crippen LogP contribution in [0.2, 0.25) is 0 Å². The first kappa shape index (κ1) is 9.97. The molecule has 0 amide bonds. The lowest BCUT2D eigenvalue weighted by Gasteiger charge is -2.37. The van der Waals surface area contributed by atoms with Crippen LogP contribution in [-0.2, 0) is 12.8 Å². The zero-order valence-corrected chi connectivity index (χ0v) is 9.24. The third kappa shape index (κ3) is 1.47. The Morgan fingerprint density at radius 3 is 2.94 bits per heavy atom. The van der Waals surface area contributed by atoms with E-state index >= 15 is 0 Å². The van der Waals surface area contributed by atoms with Crippen molar-refractivity contribution in [1.82, 2.24) is 5.32 Å². The Morgan fingerprint density at radius 2 is 2.06 bits per heavy atom. The van der Waals surface area contributed by atoms with Crippen LogP contribution in [0.4, 0.5) is 0 Å². The van der Waals surface area contributed by atoms with Gasteiger partial charge in [-0.1, -0.05) is 6.07 Å². The van der Waals surface area contributed by atoms with Crippen LogP contribution in [0.15, 0.2) is 12.1 Å². The number of phenolic OH excluding ortho intramolecular Hbond substituents is 2. The van der Waals surface area contributed by atoms with Crippen LogP contribution >= 0.6 is 0 Å². The van der Waals surface area contributed by atoms with E-state index in [1.807, 2.05) is 6.07 Å². The Kier molecular flexibility index (Phi) is 2.28. The minimum atomic E-state index is 0.0148. The average Bonchev–Trinajstić information content (AvgIpc) is 2.32. The highest BCUT2D eigenvalue weighted by Crippen LogP contribution is 2.39. The minimum absolute atomic E-state index is 0.0148. The number of nitrogens with one attached hydrogen (secondary N) is 1. The molecule has 3 nitrogen and oxygen atoms in total. The lowest BCUT2D eigenvalue weighted by atomic mass is 9.76. The monoisotopic (exact) mass is 219 g/mol. The van der Waals surface area contributed by atoms with E-state index in [0.717, 1.165) is 24.9 Å². The molecule has 1 heterocycles. The Labute approximate surface area is 95.1 Å². The van der Waals surface area contributed by atoms with Crippen molar-refractivity contribution in [3.05, 3.63) is 23.3 Å². The van der Waals surface area contributed by atoms with Crippen molar-refractivity contribution >= 4 is 0 Å². The van der Waals surface area contributed by atoms with Crippen molar-refractivity contribution in [1.29, 1.82) is 0 Å². The molecule has 1 aliphatic heterocycles. The fourth-order valence-electron chi connectivity index (χ4n) is 3.09. The summed E-state index contributed by atoms with van der Waals surface area (Å²) in [5.41, 5.74) is 2.15. The van der Waals surface area contributed by atoms with E-state index in [4.69, 9.17) is 0 Å². The van der Waals surface area contributed by atoms with Gasteiger partial charge in [-0.15, -0.1) is 0 Å². The van der Waals surface area contributed by atoms with Gasteiger partial charge < -0.3 is 15.5 Å². The number of phenols is 2. The van der Waals surface area contributed by atoms with Crippen molar-refractivity contribution in [2.24, 2.45) is 5.92 Å². The quantitative estimate of drug-likeness (QED) is 0.580. The van der Waals surface area contributed by atoms with Crippen LogP contribution in [0.1, 0.15) is 24.0 Å². The second-order valence-electron chi connectivity index (χ2n) is 4.94. The van der Waals surface area contributed by atoms with E-state index in [-0.39, 0.29) is 11.5 Å². The summed E-state index contributed by atoms with van der Waals surface area (Å²) in [6, 6.07) is 4.10. The molecule has 1 saturated heterocycles. The van der Waals surface area contributed by atoms with E-state index in [1.54, 1.807) is 6.07 Å². The van der Waals surface area contributed by atoms with E-state index < -0.39 is 0 Å². The molecule has 1 aliphatic carbocycles. The molecule has 3 rings (SSSR count). The van der Waals surface area contributed by atoms with Gasteiger partial charge in [0.25, 0.3) is 0 Å². The van der Waals surface area contributed by atoms with E-state index in [2.05, 4.69) is 5.32 Å². The number of hydrogen-bond acceptors (Lipinski definition) is 3. The van der Waals surface area contributed by atoms with Crippen LogP contribution in [-0.4, -0.2) is 22.8 Å². The van der Waals surface area contributed by atoms with Crippen molar-refractivity contribution in [2.45, 2.75) is 31.7 Å². The highest BCUT2D eigenvalue weighted by Gasteiger charge is 2.32. The van der Waals surface area contributed by atoms with Gasteiger partial charge >= 0.3 is 0 Å². The topological polar surface area (TPSA) is 52.5 Å². The van der Waals surface area contributed by atoms with Gasteiger partial charge in [0.2, 0.25) is 0 Å². The molecule has 0 aromatic heterocycles. The van der Waals surface area contributed by atoms with Gasteiger partial charge in [-0.25, -0.2) is 0 Å². The normalized spacial score (nSPS) is 28.2. The summed E-state index contributed by atoms with van der Waals surface area (Å²) in [5.74, 6) is 0.733. The van der Waals surface area contributed by atoms with Gasteiger partial charge in [0.05, 0.1) is 0 Å². The van der Waals surface area contributed by atoms with Gasteiger partial charge in [0.15, 0.2) is 11.5 Å². The van der Waals surface area contributed by atoms with Gasteiger partial charge in [0.1, 0.15) is 0 Å². The van der Waals surface area contributed by atoms with Crippen molar-refractivity contribution < 1.29 is 10.2 Å². The van der Waals surface area contributed by atoms with Crippen LogP contribution in [0.5, 0.6) is 11.5 Å². The Morgan fingerprint density at radius 1 is 1.19 bits per heavy atom. The number of aromatic hydroxyl groups is 2. The van der Waals surface area contributed by atoms with Gasteiger partial charge in [-0.3, -0.25) is 0 Å². The second-order valence-corrected chi connectivity index (χ2v) is 4.94. The molecule has 0 bridgehead atoms. The average molecular weight is 219 g/mol. The SMILES string of the molecule is Oc1ccc2c(c1O)C[C@@H]1CCCN[C@H]1C2. The van der Waals surface area contributed by atoms with Crippen LogP contribution in [0.3, 0.4) is 0 Å². The van der Waals surface area contributed by atoms with Gasteiger partial charge in [0, 0.05) is 11.6 Å². The lowest BCUT2D eigenvalue weighted by Crippen LogP contribution is -2.45. The molecule has 0 radical (unpaired) electrons. The molecule has 3 N–H and O–H groups in total. The Hall–Kier alpha value is -1.22. The Balaban J connectivity index is 1.98. The smallest absolute Gasteiger partial charge is 0.160 e. The molecule has 86 valence electrons. The van der Waals surface area contributed by atoms with Crippen molar-refractivity contribution in [3.63, 3.8) is 0 Å². The largest absolute Gasteiger partial charge is 0.504 e. The molecular formula is C13H17NO2. The summed E-state index contributed by atoms with van der Waals surface area (Å²) < 4.78 is 0. The molecular weight excluding hydrogens is 202 g/mol. The fourth-order valence-corrected chi connectivity index (χ4v) is 3.09. The van der Waals surface area contributed by atoms with Crippen molar-refractivity contribution in [3.8, 4) is 11.5 Å². The summed E-state index contributed by atoms with van der Waals surface area (Å²) in [7, 11) is 0. The molecule has 2 aliphatic rings. The number of piperidine rings is 1. The highest BCUT2D eigenvalue weighted by atomic mass is 16.3. The number of fused-ring (bicyclic) bond motifs is 2. The summed E-state index contributed by atoms with van der Waals surface area (Å²) in [6.07, 6.45) is 4.32. The molecule has 16 heavy (non-hydrogen) atoms. The number of rotatable bonds is 0. The molecule has 1 aromatic rings. The zero-order valence-electron chi connectivity index (χ0n) is 9.24. The predicted octanol–water partition coefficient (Wildman–Crippen LogP) is 1.56. The summed E-state index contributed by atoms with van der Waals surface area (Å²) in [6.45, 7) is 1.11. The van der Waals surface area contributed by atoms with Crippen molar-refractivity contribution in [2.75, 3.05) is 6.54 Å². The van der Waals surface area contributed by atoms with Crippen LogP contribution < -0.4 is 5.32 Å². The minimum Gasteiger partial charge on any atom is -0.504 e. The lowest BCUT2D eigenvalue weighted by molar-refractivity contribution is 0.259. The third-order valence-corrected chi connectivity index (χ3v) is 3.99. The van der Waals surface area contributed by atoms with Crippen LogP contribution in [0.25, 0.3) is 0 Å². The first-order valence-corrected chi connectivity index (χ1v) is 6.02. The zero-order chi connectivity index (χ0) is 11.1. The molecule has 1 aromatic carbocycles. The Bertz CT molecular complexity index is 417. The highest BCUT2D eigenvalue weighted by molar-refractivity contribution is 5.50. The molecule has 1 fully saturated rings. The molecule has 3 heteroatoms.